The molecule has 0 aliphatic carbocycles. The minimum absolute atomic E-state index is 0.729. The van der Waals surface area contributed by atoms with Crippen LogP contribution in [0.2, 0.25) is 0 Å². The number of benzene rings is 2. The highest BCUT2D eigenvalue weighted by molar-refractivity contribution is 5.57. The zero-order valence-corrected chi connectivity index (χ0v) is 16.3. The number of aromatic nitrogens is 1. The van der Waals surface area contributed by atoms with Gasteiger partial charge in [0.2, 0.25) is 5.89 Å². The van der Waals surface area contributed by atoms with Gasteiger partial charge in [0.25, 0.3) is 0 Å². The Labute approximate surface area is 165 Å². The average Bonchev–Trinajstić information content (AvgIpc) is 3.23. The van der Waals surface area contributed by atoms with Crippen molar-refractivity contribution in [2.75, 3.05) is 45.3 Å². The Morgan fingerprint density at radius 2 is 1.68 bits per heavy atom. The van der Waals surface area contributed by atoms with Crippen molar-refractivity contribution in [2.45, 2.75) is 6.54 Å². The van der Waals surface area contributed by atoms with Gasteiger partial charge in [-0.15, -0.1) is 0 Å². The summed E-state index contributed by atoms with van der Waals surface area (Å²) >= 11 is 0. The lowest BCUT2D eigenvalue weighted by molar-refractivity contribution is 0.227. The number of nitrogens with zero attached hydrogens (tertiary/aromatic N) is 3. The number of hydrogen-bond donors (Lipinski definition) is 0. The van der Waals surface area contributed by atoms with Crippen LogP contribution in [0.3, 0.4) is 0 Å². The largest absolute Gasteiger partial charge is 0.493 e. The summed E-state index contributed by atoms with van der Waals surface area (Å²) in [5.74, 6) is 3.09. The third-order valence-corrected chi connectivity index (χ3v) is 5.08. The third kappa shape index (κ3) is 3.97. The van der Waals surface area contributed by atoms with Crippen LogP contribution in [0.1, 0.15) is 5.89 Å². The van der Waals surface area contributed by atoms with Gasteiger partial charge >= 0.3 is 0 Å². The Hall–Kier alpha value is -2.99. The van der Waals surface area contributed by atoms with Crippen LogP contribution >= 0.6 is 0 Å². The van der Waals surface area contributed by atoms with Crippen molar-refractivity contribution >= 4 is 5.69 Å². The number of ether oxygens (including phenoxy) is 2. The fourth-order valence-corrected chi connectivity index (χ4v) is 3.50. The van der Waals surface area contributed by atoms with E-state index in [1.807, 2.05) is 48.7 Å². The predicted molar refractivity (Wildman–Crippen MR) is 109 cm³/mol. The molecule has 0 atom stereocenters. The average molecular weight is 379 g/mol. The number of oxazole rings is 1. The molecule has 0 amide bonds. The topological polar surface area (TPSA) is 51.0 Å². The fraction of sp³-hybridized carbons (Fsp3) is 0.318. The van der Waals surface area contributed by atoms with E-state index in [0.717, 1.165) is 67.1 Å². The molecule has 0 bridgehead atoms. The highest BCUT2D eigenvalue weighted by Gasteiger charge is 2.20. The van der Waals surface area contributed by atoms with Gasteiger partial charge in [-0.1, -0.05) is 30.3 Å². The van der Waals surface area contributed by atoms with E-state index in [2.05, 4.69) is 20.9 Å². The minimum atomic E-state index is 0.729. The van der Waals surface area contributed by atoms with E-state index in [-0.39, 0.29) is 0 Å². The van der Waals surface area contributed by atoms with Crippen LogP contribution in [0.15, 0.2) is 59.1 Å². The van der Waals surface area contributed by atoms with Crippen molar-refractivity contribution < 1.29 is 13.9 Å². The Bertz CT molecular complexity index is 902. The van der Waals surface area contributed by atoms with E-state index in [1.54, 1.807) is 14.2 Å². The molecule has 2 heterocycles. The highest BCUT2D eigenvalue weighted by Crippen LogP contribution is 2.32. The molecular formula is C22H25N3O3. The first kappa shape index (κ1) is 18.4. The standard InChI is InChI=1S/C22H25N3O3/c1-26-19-9-8-18(14-20(19)27-2)25-12-10-24(11-13-25)16-22-23-15-21(28-22)17-6-4-3-5-7-17/h3-9,14-15H,10-13,16H2,1-2H3. The van der Waals surface area contributed by atoms with Gasteiger partial charge in [-0.25, -0.2) is 4.98 Å². The zero-order valence-electron chi connectivity index (χ0n) is 16.3. The molecule has 1 aromatic heterocycles. The molecular weight excluding hydrogens is 354 g/mol. The summed E-state index contributed by atoms with van der Waals surface area (Å²) in [6.07, 6.45) is 1.81. The van der Waals surface area contributed by atoms with Gasteiger partial charge in [-0.05, 0) is 12.1 Å². The van der Waals surface area contributed by atoms with Crippen molar-refractivity contribution in [3.63, 3.8) is 0 Å². The maximum Gasteiger partial charge on any atom is 0.209 e. The van der Waals surface area contributed by atoms with Crippen LogP contribution in [0.5, 0.6) is 11.5 Å². The first-order valence-corrected chi connectivity index (χ1v) is 9.46. The quantitative estimate of drug-likeness (QED) is 0.651. The molecule has 3 aromatic rings. The monoisotopic (exact) mass is 379 g/mol. The van der Waals surface area contributed by atoms with Gasteiger partial charge < -0.3 is 18.8 Å². The fourth-order valence-electron chi connectivity index (χ4n) is 3.50. The molecule has 1 fully saturated rings. The van der Waals surface area contributed by atoms with E-state index >= 15 is 0 Å². The van der Waals surface area contributed by atoms with Crippen molar-refractivity contribution in [2.24, 2.45) is 0 Å². The molecule has 146 valence electrons. The van der Waals surface area contributed by atoms with Gasteiger partial charge in [-0.3, -0.25) is 4.90 Å². The smallest absolute Gasteiger partial charge is 0.209 e. The molecule has 0 spiro atoms. The van der Waals surface area contributed by atoms with Crippen molar-refractivity contribution in [1.82, 2.24) is 9.88 Å². The molecule has 2 aromatic carbocycles. The number of piperazine rings is 1. The predicted octanol–water partition coefficient (Wildman–Crippen LogP) is 3.68. The second-order valence-corrected chi connectivity index (χ2v) is 6.79. The lowest BCUT2D eigenvalue weighted by atomic mass is 10.2. The summed E-state index contributed by atoms with van der Waals surface area (Å²) in [5, 5.41) is 0. The summed E-state index contributed by atoms with van der Waals surface area (Å²) in [7, 11) is 3.32. The Morgan fingerprint density at radius 3 is 2.39 bits per heavy atom. The summed E-state index contributed by atoms with van der Waals surface area (Å²) in [4.78, 5) is 9.19. The van der Waals surface area contributed by atoms with Crippen molar-refractivity contribution in [3.8, 4) is 22.8 Å². The van der Waals surface area contributed by atoms with Crippen LogP contribution in [-0.4, -0.2) is 50.3 Å². The van der Waals surface area contributed by atoms with Crippen LogP contribution in [0.4, 0.5) is 5.69 Å². The molecule has 4 rings (SSSR count). The molecule has 28 heavy (non-hydrogen) atoms. The summed E-state index contributed by atoms with van der Waals surface area (Å²) in [6, 6.07) is 16.2. The zero-order chi connectivity index (χ0) is 19.3. The van der Waals surface area contributed by atoms with Crippen LogP contribution < -0.4 is 14.4 Å². The van der Waals surface area contributed by atoms with Gasteiger partial charge in [0.1, 0.15) is 0 Å². The van der Waals surface area contributed by atoms with E-state index in [9.17, 15) is 0 Å². The summed E-state index contributed by atoms with van der Waals surface area (Å²) in [5.41, 5.74) is 2.21. The Balaban J connectivity index is 1.35. The molecule has 1 saturated heterocycles. The van der Waals surface area contributed by atoms with E-state index < -0.39 is 0 Å². The first-order chi connectivity index (χ1) is 13.8. The minimum Gasteiger partial charge on any atom is -0.493 e. The number of rotatable bonds is 6. The van der Waals surface area contributed by atoms with Gasteiger partial charge in [0.15, 0.2) is 17.3 Å². The molecule has 0 unspecified atom stereocenters. The van der Waals surface area contributed by atoms with Crippen LogP contribution in [0.25, 0.3) is 11.3 Å². The second-order valence-electron chi connectivity index (χ2n) is 6.79. The molecule has 0 N–H and O–H groups in total. The molecule has 6 heteroatoms. The lowest BCUT2D eigenvalue weighted by Crippen LogP contribution is -2.46. The first-order valence-electron chi connectivity index (χ1n) is 9.46. The molecule has 1 aliphatic rings. The van der Waals surface area contributed by atoms with Crippen LogP contribution in [0, 0.1) is 0 Å². The van der Waals surface area contributed by atoms with Crippen LogP contribution in [-0.2, 0) is 6.54 Å². The maximum absolute atomic E-state index is 5.94. The molecule has 1 aliphatic heterocycles. The number of hydrogen-bond acceptors (Lipinski definition) is 6. The lowest BCUT2D eigenvalue weighted by Gasteiger charge is -2.35. The van der Waals surface area contributed by atoms with Crippen molar-refractivity contribution in [3.05, 3.63) is 60.6 Å². The Kier molecular flexibility index (Phi) is 5.48. The van der Waals surface area contributed by atoms with Gasteiger partial charge in [0.05, 0.1) is 27.0 Å². The second kappa shape index (κ2) is 8.35. The summed E-state index contributed by atoms with van der Waals surface area (Å²) < 4.78 is 16.7. The SMILES string of the molecule is COc1ccc(N2CCN(Cc3ncc(-c4ccccc4)o3)CC2)cc1OC. The highest BCUT2D eigenvalue weighted by atomic mass is 16.5. The Morgan fingerprint density at radius 1 is 0.929 bits per heavy atom. The van der Waals surface area contributed by atoms with Gasteiger partial charge in [0, 0.05) is 43.5 Å². The normalized spacial score (nSPS) is 14.9. The molecule has 0 saturated carbocycles. The summed E-state index contributed by atoms with van der Waals surface area (Å²) in [6.45, 7) is 4.53. The maximum atomic E-state index is 5.94. The van der Waals surface area contributed by atoms with Crippen molar-refractivity contribution in [1.29, 1.82) is 0 Å². The third-order valence-electron chi connectivity index (χ3n) is 5.08. The van der Waals surface area contributed by atoms with E-state index in [4.69, 9.17) is 13.9 Å². The number of methoxy groups -OCH3 is 2. The number of anilines is 1. The molecule has 6 nitrogen and oxygen atoms in total. The molecule has 0 radical (unpaired) electrons. The van der Waals surface area contributed by atoms with E-state index in [1.165, 1.54) is 0 Å². The van der Waals surface area contributed by atoms with Gasteiger partial charge in [-0.2, -0.15) is 0 Å². The van der Waals surface area contributed by atoms with E-state index in [0.29, 0.717) is 0 Å².